The van der Waals surface area contributed by atoms with Crippen molar-refractivity contribution in [3.63, 3.8) is 0 Å². The van der Waals surface area contributed by atoms with E-state index in [0.29, 0.717) is 10.8 Å². The number of nitrogens with zero attached hydrogens (tertiary/aromatic N) is 1. The molecular formula is C10H13N3OS. The number of amides is 2. The minimum Gasteiger partial charge on any atom is -0.304 e. The second kappa shape index (κ2) is 5.34. The molecule has 0 radical (unpaired) electrons. The Balaban J connectivity index is 2.53. The van der Waals surface area contributed by atoms with Gasteiger partial charge in [-0.15, -0.1) is 17.1 Å². The largest absolute Gasteiger partial charge is 0.325 e. The van der Waals surface area contributed by atoms with Crippen molar-refractivity contribution in [2.45, 2.75) is 13.8 Å². The highest BCUT2D eigenvalue weighted by atomic mass is 32.1. The molecule has 0 aliphatic heterocycles. The minimum absolute atomic E-state index is 0.185. The van der Waals surface area contributed by atoms with Crippen molar-refractivity contribution in [1.82, 2.24) is 10.3 Å². The second-order valence-electron chi connectivity index (χ2n) is 3.16. The van der Waals surface area contributed by atoms with Gasteiger partial charge < -0.3 is 5.32 Å². The van der Waals surface area contributed by atoms with Crippen LogP contribution in [0.25, 0.3) is 0 Å². The number of carbonyl (C=O) groups excluding carboxylic acids is 1. The molecule has 0 fully saturated rings. The number of aromatic nitrogens is 1. The first-order chi connectivity index (χ1) is 7.13. The molecule has 0 unspecified atom stereocenters. The van der Waals surface area contributed by atoms with Crippen LogP contribution in [0.3, 0.4) is 0 Å². The molecule has 1 rings (SSSR count). The minimum atomic E-state index is -0.315. The fraction of sp³-hybridized carbons (Fsp3) is 0.300. The molecule has 1 aromatic rings. The molecule has 2 amide bonds. The molecule has 0 saturated carbocycles. The van der Waals surface area contributed by atoms with E-state index in [-0.39, 0.29) is 11.9 Å². The first-order valence-corrected chi connectivity index (χ1v) is 5.39. The van der Waals surface area contributed by atoms with Crippen molar-refractivity contribution in [3.05, 3.63) is 29.6 Å². The molecule has 1 aromatic heterocycles. The van der Waals surface area contributed by atoms with Gasteiger partial charge in [0.15, 0.2) is 5.13 Å². The quantitative estimate of drug-likeness (QED) is 0.774. The summed E-state index contributed by atoms with van der Waals surface area (Å²) in [6.45, 7) is 7.43. The standard InChI is InChI=1S/C10H13N3OS/c1-4-8(7(2)3)12-9(14)13-10-11-5-6-15-10/h5-7H,1H2,2-3H3,(H2,11,12,13,14). The van der Waals surface area contributed by atoms with Gasteiger partial charge in [-0.25, -0.2) is 9.78 Å². The molecule has 0 spiro atoms. The molecule has 5 heteroatoms. The Kier molecular flexibility index (Phi) is 4.09. The van der Waals surface area contributed by atoms with Gasteiger partial charge in [0.05, 0.1) is 5.70 Å². The predicted molar refractivity (Wildman–Crippen MR) is 61.8 cm³/mol. The van der Waals surface area contributed by atoms with Gasteiger partial charge in [-0.1, -0.05) is 20.4 Å². The summed E-state index contributed by atoms with van der Waals surface area (Å²) in [5.74, 6) is 0.185. The normalized spacial score (nSPS) is 9.53. The Labute approximate surface area is 92.7 Å². The third-order valence-corrected chi connectivity index (χ3v) is 2.36. The zero-order chi connectivity index (χ0) is 11.3. The maximum Gasteiger partial charge on any atom is 0.325 e. The Bertz CT molecular complexity index is 377. The molecule has 0 saturated heterocycles. The smallest absolute Gasteiger partial charge is 0.304 e. The Hall–Kier alpha value is -1.58. The molecule has 15 heavy (non-hydrogen) atoms. The second-order valence-corrected chi connectivity index (χ2v) is 4.06. The highest BCUT2D eigenvalue weighted by molar-refractivity contribution is 7.13. The number of hydrogen-bond donors (Lipinski definition) is 2. The fourth-order valence-corrected chi connectivity index (χ4v) is 1.45. The SMILES string of the molecule is C=C=C(NC(=O)Nc1nccs1)C(C)C. The lowest BCUT2D eigenvalue weighted by atomic mass is 10.1. The van der Waals surface area contributed by atoms with Gasteiger partial charge >= 0.3 is 6.03 Å². The molecule has 0 aliphatic carbocycles. The van der Waals surface area contributed by atoms with E-state index < -0.39 is 0 Å². The Morgan fingerprint density at radius 2 is 2.40 bits per heavy atom. The summed E-state index contributed by atoms with van der Waals surface area (Å²) >= 11 is 1.37. The topological polar surface area (TPSA) is 54.0 Å². The van der Waals surface area contributed by atoms with Gasteiger partial charge in [-0.05, 0) is 0 Å². The van der Waals surface area contributed by atoms with Gasteiger partial charge in [0.1, 0.15) is 0 Å². The van der Waals surface area contributed by atoms with Crippen LogP contribution in [0.5, 0.6) is 0 Å². The van der Waals surface area contributed by atoms with Crippen LogP contribution in [0.15, 0.2) is 29.6 Å². The van der Waals surface area contributed by atoms with Gasteiger partial charge in [0.25, 0.3) is 0 Å². The summed E-state index contributed by atoms with van der Waals surface area (Å²) in [7, 11) is 0. The number of urea groups is 1. The number of nitrogens with one attached hydrogen (secondary N) is 2. The van der Waals surface area contributed by atoms with Crippen molar-refractivity contribution in [3.8, 4) is 0 Å². The lowest BCUT2D eigenvalue weighted by Crippen LogP contribution is -2.29. The van der Waals surface area contributed by atoms with Crippen LogP contribution >= 0.6 is 11.3 Å². The van der Waals surface area contributed by atoms with E-state index in [0.717, 1.165) is 0 Å². The van der Waals surface area contributed by atoms with E-state index in [1.165, 1.54) is 11.3 Å². The molecule has 4 nitrogen and oxygen atoms in total. The van der Waals surface area contributed by atoms with E-state index in [2.05, 4.69) is 27.9 Å². The number of hydrogen-bond acceptors (Lipinski definition) is 3. The van der Waals surface area contributed by atoms with Gasteiger partial charge in [-0.3, -0.25) is 5.32 Å². The van der Waals surface area contributed by atoms with Gasteiger partial charge in [-0.2, -0.15) is 0 Å². The first kappa shape index (κ1) is 11.5. The third kappa shape index (κ3) is 3.58. The fourth-order valence-electron chi connectivity index (χ4n) is 0.929. The average Bonchev–Trinajstić information content (AvgIpc) is 2.66. The van der Waals surface area contributed by atoms with E-state index in [9.17, 15) is 4.79 Å². The molecule has 1 heterocycles. The maximum absolute atomic E-state index is 11.4. The van der Waals surface area contributed by atoms with Crippen molar-refractivity contribution >= 4 is 22.5 Å². The monoisotopic (exact) mass is 223 g/mol. The highest BCUT2D eigenvalue weighted by Crippen LogP contribution is 2.10. The number of thiazole rings is 1. The lowest BCUT2D eigenvalue weighted by Gasteiger charge is -2.10. The average molecular weight is 223 g/mol. The van der Waals surface area contributed by atoms with Crippen LogP contribution in [0, 0.1) is 5.92 Å². The van der Waals surface area contributed by atoms with Crippen molar-refractivity contribution in [2.75, 3.05) is 5.32 Å². The summed E-state index contributed by atoms with van der Waals surface area (Å²) in [4.78, 5) is 15.4. The number of carbonyl (C=O) groups is 1. The van der Waals surface area contributed by atoms with E-state index >= 15 is 0 Å². The summed E-state index contributed by atoms with van der Waals surface area (Å²) in [5.41, 5.74) is 3.36. The number of allylic oxidation sites excluding steroid dienone is 1. The molecule has 80 valence electrons. The molecule has 0 aliphatic rings. The molecule has 0 bridgehead atoms. The van der Waals surface area contributed by atoms with Crippen LogP contribution in [0.1, 0.15) is 13.8 Å². The Morgan fingerprint density at radius 3 is 2.87 bits per heavy atom. The summed E-state index contributed by atoms with van der Waals surface area (Å²) < 4.78 is 0. The van der Waals surface area contributed by atoms with Crippen molar-refractivity contribution in [1.29, 1.82) is 0 Å². The lowest BCUT2D eigenvalue weighted by molar-refractivity contribution is 0.253. The third-order valence-electron chi connectivity index (χ3n) is 1.67. The molecular weight excluding hydrogens is 210 g/mol. The Morgan fingerprint density at radius 1 is 1.67 bits per heavy atom. The highest BCUT2D eigenvalue weighted by Gasteiger charge is 2.08. The van der Waals surface area contributed by atoms with Gasteiger partial charge in [0.2, 0.25) is 0 Å². The zero-order valence-corrected chi connectivity index (χ0v) is 9.52. The van der Waals surface area contributed by atoms with E-state index in [1.807, 2.05) is 13.8 Å². The summed E-state index contributed by atoms with van der Waals surface area (Å²) in [6, 6.07) is -0.315. The predicted octanol–water partition coefficient (Wildman–Crippen LogP) is 2.59. The molecule has 2 N–H and O–H groups in total. The first-order valence-electron chi connectivity index (χ1n) is 4.51. The van der Waals surface area contributed by atoms with Crippen molar-refractivity contribution in [2.24, 2.45) is 5.92 Å². The van der Waals surface area contributed by atoms with Crippen LogP contribution in [-0.4, -0.2) is 11.0 Å². The van der Waals surface area contributed by atoms with Crippen LogP contribution in [-0.2, 0) is 0 Å². The maximum atomic E-state index is 11.4. The number of anilines is 1. The molecule has 0 atom stereocenters. The van der Waals surface area contributed by atoms with Crippen molar-refractivity contribution < 1.29 is 4.79 Å². The van der Waals surface area contributed by atoms with Crippen LogP contribution in [0.2, 0.25) is 0 Å². The van der Waals surface area contributed by atoms with E-state index in [1.54, 1.807) is 11.6 Å². The zero-order valence-electron chi connectivity index (χ0n) is 8.70. The van der Waals surface area contributed by atoms with Crippen LogP contribution in [0.4, 0.5) is 9.93 Å². The van der Waals surface area contributed by atoms with Crippen LogP contribution < -0.4 is 10.6 Å². The molecule has 0 aromatic carbocycles. The van der Waals surface area contributed by atoms with E-state index in [4.69, 9.17) is 0 Å². The number of rotatable bonds is 3. The van der Waals surface area contributed by atoms with Gasteiger partial charge in [0, 0.05) is 17.5 Å². The summed E-state index contributed by atoms with van der Waals surface area (Å²) in [6.07, 6.45) is 1.63. The summed E-state index contributed by atoms with van der Waals surface area (Å²) in [5, 5.41) is 7.64.